The molecule has 0 bridgehead atoms. The molecule has 0 radical (unpaired) electrons. The topological polar surface area (TPSA) is 30.7 Å². The van der Waals surface area contributed by atoms with Gasteiger partial charge in [-0.05, 0) is 37.6 Å². The van der Waals surface area contributed by atoms with E-state index in [0.717, 1.165) is 16.6 Å². The van der Waals surface area contributed by atoms with Crippen LogP contribution in [0.15, 0.2) is 54.9 Å². The molecule has 2 aromatic heterocycles. The molecule has 21 heavy (non-hydrogen) atoms. The molecule has 0 spiro atoms. The van der Waals surface area contributed by atoms with E-state index in [1.807, 2.05) is 35.9 Å². The molecule has 0 aliphatic heterocycles. The number of hydrogen-bond acceptors (Lipinski definition) is 2. The van der Waals surface area contributed by atoms with Crippen molar-refractivity contribution < 1.29 is 9.53 Å². The van der Waals surface area contributed by atoms with Crippen LogP contribution in [0.3, 0.4) is 0 Å². The van der Waals surface area contributed by atoms with Crippen molar-refractivity contribution in [2.75, 3.05) is 6.61 Å². The zero-order valence-corrected chi connectivity index (χ0v) is 12.2. The smallest absolute Gasteiger partial charge is 0.340 e. The number of aromatic nitrogens is 1. The molecule has 2 heterocycles. The Labute approximate surface area is 123 Å². The fourth-order valence-electron chi connectivity index (χ4n) is 2.42. The molecule has 0 saturated carbocycles. The predicted molar refractivity (Wildman–Crippen MR) is 83.5 cm³/mol. The molecule has 0 fully saturated rings. The number of carbonyl (C=O) groups excluding carboxylic acids is 1. The third kappa shape index (κ3) is 2.55. The molecule has 3 heteroatoms. The van der Waals surface area contributed by atoms with Gasteiger partial charge in [-0.3, -0.25) is 0 Å². The van der Waals surface area contributed by atoms with E-state index in [1.165, 1.54) is 5.56 Å². The molecule has 0 aliphatic carbocycles. The Hall–Kier alpha value is -2.55. The lowest BCUT2D eigenvalue weighted by molar-refractivity contribution is 0.0528. The maximum atomic E-state index is 12.0. The van der Waals surface area contributed by atoms with Crippen LogP contribution in [0.4, 0.5) is 0 Å². The second-order valence-corrected chi connectivity index (χ2v) is 5.03. The van der Waals surface area contributed by atoms with Crippen molar-refractivity contribution in [1.82, 2.24) is 4.40 Å². The highest BCUT2D eigenvalue weighted by molar-refractivity contribution is 5.98. The standard InChI is InChI=1S/C18H17NO2/c1-3-21-18(20)16-5-4-10-19-12-15(11-17(16)19)14-8-6-13(2)7-9-14/h4-12H,3H2,1-2H3. The van der Waals surface area contributed by atoms with Gasteiger partial charge in [0, 0.05) is 18.0 Å². The average molecular weight is 279 g/mol. The summed E-state index contributed by atoms with van der Waals surface area (Å²) in [6, 6.07) is 14.0. The number of pyridine rings is 1. The summed E-state index contributed by atoms with van der Waals surface area (Å²) in [7, 11) is 0. The summed E-state index contributed by atoms with van der Waals surface area (Å²) < 4.78 is 7.07. The van der Waals surface area contributed by atoms with Gasteiger partial charge < -0.3 is 9.14 Å². The summed E-state index contributed by atoms with van der Waals surface area (Å²) >= 11 is 0. The van der Waals surface area contributed by atoms with Crippen LogP contribution in [0.2, 0.25) is 0 Å². The first-order valence-electron chi connectivity index (χ1n) is 7.04. The SMILES string of the molecule is CCOC(=O)c1cccn2cc(-c3ccc(C)cc3)cc12. The Balaban J connectivity index is 2.09. The van der Waals surface area contributed by atoms with Gasteiger partial charge >= 0.3 is 5.97 Å². The molecule has 3 aromatic rings. The van der Waals surface area contributed by atoms with Crippen molar-refractivity contribution >= 4 is 11.5 Å². The number of esters is 1. The first kappa shape index (κ1) is 13.4. The van der Waals surface area contributed by atoms with Gasteiger partial charge in [-0.15, -0.1) is 0 Å². The lowest BCUT2D eigenvalue weighted by Gasteiger charge is -2.03. The molecule has 3 nitrogen and oxygen atoms in total. The monoisotopic (exact) mass is 279 g/mol. The third-order valence-corrected chi connectivity index (χ3v) is 3.51. The predicted octanol–water partition coefficient (Wildman–Crippen LogP) is 4.09. The van der Waals surface area contributed by atoms with E-state index >= 15 is 0 Å². The highest BCUT2D eigenvalue weighted by atomic mass is 16.5. The summed E-state index contributed by atoms with van der Waals surface area (Å²) in [5, 5.41) is 0. The minimum absolute atomic E-state index is 0.281. The van der Waals surface area contributed by atoms with E-state index in [-0.39, 0.29) is 5.97 Å². The van der Waals surface area contributed by atoms with Gasteiger partial charge in [0.15, 0.2) is 0 Å². The fourth-order valence-corrected chi connectivity index (χ4v) is 2.42. The van der Waals surface area contributed by atoms with Gasteiger partial charge in [0.1, 0.15) is 0 Å². The number of nitrogens with zero attached hydrogens (tertiary/aromatic N) is 1. The van der Waals surface area contributed by atoms with Crippen molar-refractivity contribution in [1.29, 1.82) is 0 Å². The summed E-state index contributed by atoms with van der Waals surface area (Å²) in [6.45, 7) is 4.26. The van der Waals surface area contributed by atoms with E-state index < -0.39 is 0 Å². The molecule has 1 aromatic carbocycles. The second-order valence-electron chi connectivity index (χ2n) is 5.03. The van der Waals surface area contributed by atoms with E-state index in [2.05, 4.69) is 31.2 Å². The van der Waals surface area contributed by atoms with Crippen LogP contribution in [-0.2, 0) is 4.74 Å². The molecule has 0 N–H and O–H groups in total. The molecule has 0 saturated heterocycles. The van der Waals surface area contributed by atoms with Crippen molar-refractivity contribution in [2.45, 2.75) is 13.8 Å². The third-order valence-electron chi connectivity index (χ3n) is 3.51. The zero-order valence-electron chi connectivity index (χ0n) is 12.2. The van der Waals surface area contributed by atoms with Crippen LogP contribution in [0, 0.1) is 6.92 Å². The highest BCUT2D eigenvalue weighted by Crippen LogP contribution is 2.25. The van der Waals surface area contributed by atoms with E-state index in [1.54, 1.807) is 6.07 Å². The zero-order chi connectivity index (χ0) is 14.8. The Bertz CT molecular complexity index is 785. The fraction of sp³-hybridized carbons (Fsp3) is 0.167. The number of aryl methyl sites for hydroxylation is 1. The summed E-state index contributed by atoms with van der Waals surface area (Å²) in [6.07, 6.45) is 3.97. The van der Waals surface area contributed by atoms with Crippen LogP contribution in [0.5, 0.6) is 0 Å². The number of rotatable bonds is 3. The number of ether oxygens (including phenoxy) is 1. The van der Waals surface area contributed by atoms with E-state index in [4.69, 9.17) is 4.74 Å². The van der Waals surface area contributed by atoms with E-state index in [9.17, 15) is 4.79 Å². The van der Waals surface area contributed by atoms with Crippen LogP contribution in [-0.4, -0.2) is 17.0 Å². The van der Waals surface area contributed by atoms with Gasteiger partial charge in [-0.2, -0.15) is 0 Å². The molecule has 0 amide bonds. The summed E-state index contributed by atoms with van der Waals surface area (Å²) in [5.41, 5.74) is 4.92. The van der Waals surface area contributed by atoms with Crippen LogP contribution < -0.4 is 0 Å². The first-order chi connectivity index (χ1) is 10.2. The maximum Gasteiger partial charge on any atom is 0.340 e. The number of fused-ring (bicyclic) bond motifs is 1. The Morgan fingerprint density at radius 1 is 1.14 bits per heavy atom. The highest BCUT2D eigenvalue weighted by Gasteiger charge is 2.12. The van der Waals surface area contributed by atoms with Crippen LogP contribution >= 0.6 is 0 Å². The van der Waals surface area contributed by atoms with Crippen LogP contribution in [0.25, 0.3) is 16.6 Å². The minimum atomic E-state index is -0.281. The molecular formula is C18H17NO2. The quantitative estimate of drug-likeness (QED) is 0.676. The molecule has 106 valence electrons. The van der Waals surface area contributed by atoms with E-state index in [0.29, 0.717) is 12.2 Å². The molecule has 3 rings (SSSR count). The maximum absolute atomic E-state index is 12.0. The van der Waals surface area contributed by atoms with Crippen molar-refractivity contribution in [3.05, 3.63) is 66.0 Å². The summed E-state index contributed by atoms with van der Waals surface area (Å²) in [4.78, 5) is 12.0. The number of benzene rings is 1. The lowest BCUT2D eigenvalue weighted by atomic mass is 10.1. The normalized spacial score (nSPS) is 10.8. The Morgan fingerprint density at radius 2 is 1.90 bits per heavy atom. The van der Waals surface area contributed by atoms with Crippen molar-refractivity contribution in [2.24, 2.45) is 0 Å². The first-order valence-corrected chi connectivity index (χ1v) is 7.04. The number of carbonyl (C=O) groups is 1. The second kappa shape index (κ2) is 5.44. The Morgan fingerprint density at radius 3 is 2.62 bits per heavy atom. The van der Waals surface area contributed by atoms with Crippen molar-refractivity contribution in [3.8, 4) is 11.1 Å². The van der Waals surface area contributed by atoms with Crippen molar-refractivity contribution in [3.63, 3.8) is 0 Å². The molecule has 0 unspecified atom stereocenters. The lowest BCUT2D eigenvalue weighted by Crippen LogP contribution is -2.05. The summed E-state index contributed by atoms with van der Waals surface area (Å²) in [5.74, 6) is -0.281. The van der Waals surface area contributed by atoms with Gasteiger partial charge in [0.25, 0.3) is 0 Å². The average Bonchev–Trinajstić information content (AvgIpc) is 2.92. The molecule has 0 aliphatic rings. The van der Waals surface area contributed by atoms with Gasteiger partial charge in [-0.1, -0.05) is 29.8 Å². The molecular weight excluding hydrogens is 262 g/mol. The molecule has 0 atom stereocenters. The largest absolute Gasteiger partial charge is 0.462 e. The minimum Gasteiger partial charge on any atom is -0.462 e. The number of hydrogen-bond donors (Lipinski definition) is 0. The van der Waals surface area contributed by atoms with Gasteiger partial charge in [0.05, 0.1) is 17.7 Å². The Kier molecular flexibility index (Phi) is 3.48. The van der Waals surface area contributed by atoms with Gasteiger partial charge in [-0.25, -0.2) is 4.79 Å². The van der Waals surface area contributed by atoms with Gasteiger partial charge in [0.2, 0.25) is 0 Å². The van der Waals surface area contributed by atoms with Crippen LogP contribution in [0.1, 0.15) is 22.8 Å².